The highest BCUT2D eigenvalue weighted by Crippen LogP contribution is 2.29. The summed E-state index contributed by atoms with van der Waals surface area (Å²) in [5.41, 5.74) is 0.933. The van der Waals surface area contributed by atoms with Crippen molar-refractivity contribution in [1.29, 1.82) is 0 Å². The fraction of sp³-hybridized carbons (Fsp3) is 0.286. The van der Waals surface area contributed by atoms with Crippen LogP contribution in [0.15, 0.2) is 30.3 Å². The van der Waals surface area contributed by atoms with Crippen LogP contribution in [0.1, 0.15) is 26.3 Å². The fourth-order valence-corrected chi connectivity index (χ4v) is 2.84. The third-order valence-electron chi connectivity index (χ3n) is 3.32. The number of nitrogens with zero attached hydrogens (tertiary/aromatic N) is 3. The van der Waals surface area contributed by atoms with Gasteiger partial charge in [-0.2, -0.15) is 0 Å². The average Bonchev–Trinajstić information content (AvgIpc) is 2.94. The van der Waals surface area contributed by atoms with Crippen molar-refractivity contribution in [2.24, 2.45) is 0 Å². The molecule has 3 rings (SSSR count). The maximum atomic E-state index is 11.9. The molecule has 1 amide bonds. The van der Waals surface area contributed by atoms with E-state index in [-0.39, 0.29) is 23.6 Å². The Morgan fingerprint density at radius 3 is 2.64 bits per heavy atom. The molecule has 1 aromatic carbocycles. The number of hydrogen-bond donors (Lipinski definition) is 1. The summed E-state index contributed by atoms with van der Waals surface area (Å²) in [6.07, 6.45) is -0.372. The summed E-state index contributed by atoms with van der Waals surface area (Å²) < 4.78 is 5.22. The SMILES string of the molecule is O=C(O)c1nnc(C2CN(C(=O)OCc3ccccc3)C2)s1. The van der Waals surface area contributed by atoms with Gasteiger partial charge in [0.2, 0.25) is 5.01 Å². The van der Waals surface area contributed by atoms with Crippen molar-refractivity contribution >= 4 is 23.4 Å². The number of carboxylic acids is 1. The van der Waals surface area contributed by atoms with Crippen molar-refractivity contribution in [3.8, 4) is 0 Å². The maximum Gasteiger partial charge on any atom is 0.410 e. The smallest absolute Gasteiger partial charge is 0.410 e. The number of rotatable bonds is 4. The second-order valence-corrected chi connectivity index (χ2v) is 5.90. The lowest BCUT2D eigenvalue weighted by Gasteiger charge is -2.36. The van der Waals surface area contributed by atoms with Crippen LogP contribution >= 0.6 is 11.3 Å². The molecule has 0 saturated carbocycles. The van der Waals surface area contributed by atoms with Gasteiger partial charge in [0.15, 0.2) is 0 Å². The number of carbonyl (C=O) groups excluding carboxylic acids is 1. The quantitative estimate of drug-likeness (QED) is 0.926. The van der Waals surface area contributed by atoms with Crippen molar-refractivity contribution < 1.29 is 19.4 Å². The Labute approximate surface area is 130 Å². The standard InChI is InChI=1S/C14H13N3O4S/c18-13(19)12-16-15-11(22-12)10-6-17(7-10)14(20)21-8-9-4-2-1-3-5-9/h1-5,10H,6-8H2,(H,18,19). The maximum absolute atomic E-state index is 11.9. The summed E-state index contributed by atoms with van der Waals surface area (Å²) in [5, 5.41) is 16.9. The number of likely N-dealkylation sites (tertiary alicyclic amines) is 1. The summed E-state index contributed by atoms with van der Waals surface area (Å²) in [6.45, 7) is 1.19. The molecule has 2 heterocycles. The Hall–Kier alpha value is -2.48. The number of carbonyl (C=O) groups is 2. The number of benzene rings is 1. The van der Waals surface area contributed by atoms with Crippen molar-refractivity contribution in [3.05, 3.63) is 45.9 Å². The Bertz CT molecular complexity index is 682. The first-order chi connectivity index (χ1) is 10.6. The van der Waals surface area contributed by atoms with Gasteiger partial charge in [-0.25, -0.2) is 9.59 Å². The van der Waals surface area contributed by atoms with E-state index in [1.807, 2.05) is 30.3 Å². The Morgan fingerprint density at radius 2 is 2.00 bits per heavy atom. The van der Waals surface area contributed by atoms with Crippen LogP contribution in [-0.2, 0) is 11.3 Å². The van der Waals surface area contributed by atoms with E-state index in [2.05, 4.69) is 10.2 Å². The van der Waals surface area contributed by atoms with E-state index in [1.54, 1.807) is 4.90 Å². The predicted molar refractivity (Wildman–Crippen MR) is 77.8 cm³/mol. The van der Waals surface area contributed by atoms with Crippen molar-refractivity contribution in [2.75, 3.05) is 13.1 Å². The van der Waals surface area contributed by atoms with Crippen LogP contribution in [-0.4, -0.2) is 45.4 Å². The zero-order chi connectivity index (χ0) is 15.5. The molecule has 0 unspecified atom stereocenters. The minimum atomic E-state index is -1.08. The molecule has 0 radical (unpaired) electrons. The van der Waals surface area contributed by atoms with Gasteiger partial charge in [-0.15, -0.1) is 10.2 Å². The molecule has 0 bridgehead atoms. The largest absolute Gasteiger partial charge is 0.476 e. The van der Waals surface area contributed by atoms with Gasteiger partial charge in [0.05, 0.1) is 0 Å². The van der Waals surface area contributed by atoms with Crippen molar-refractivity contribution in [2.45, 2.75) is 12.5 Å². The first-order valence-electron chi connectivity index (χ1n) is 6.66. The zero-order valence-electron chi connectivity index (χ0n) is 11.5. The van der Waals surface area contributed by atoms with Gasteiger partial charge in [0, 0.05) is 19.0 Å². The van der Waals surface area contributed by atoms with Gasteiger partial charge in [0.1, 0.15) is 11.6 Å². The highest BCUT2D eigenvalue weighted by atomic mass is 32.1. The van der Waals surface area contributed by atoms with Crippen LogP contribution in [0.25, 0.3) is 0 Å². The predicted octanol–water partition coefficient (Wildman–Crippen LogP) is 1.97. The fourth-order valence-electron chi connectivity index (χ4n) is 2.08. The van der Waals surface area contributed by atoms with Crippen LogP contribution in [0.2, 0.25) is 0 Å². The molecule has 8 heteroatoms. The Morgan fingerprint density at radius 1 is 1.27 bits per heavy atom. The van der Waals surface area contributed by atoms with Crippen LogP contribution in [0, 0.1) is 0 Å². The van der Waals surface area contributed by atoms with Crippen LogP contribution in [0.5, 0.6) is 0 Å². The highest BCUT2D eigenvalue weighted by molar-refractivity contribution is 7.13. The van der Waals surface area contributed by atoms with E-state index >= 15 is 0 Å². The lowest BCUT2D eigenvalue weighted by atomic mass is 10.0. The van der Waals surface area contributed by atoms with Gasteiger partial charge >= 0.3 is 12.1 Å². The number of hydrogen-bond acceptors (Lipinski definition) is 6. The molecular weight excluding hydrogens is 306 g/mol. The van der Waals surface area contributed by atoms with E-state index in [4.69, 9.17) is 9.84 Å². The topological polar surface area (TPSA) is 92.6 Å². The summed E-state index contributed by atoms with van der Waals surface area (Å²) in [6, 6.07) is 9.46. The van der Waals surface area contributed by atoms with E-state index in [9.17, 15) is 9.59 Å². The van der Waals surface area contributed by atoms with Crippen LogP contribution < -0.4 is 0 Å². The molecule has 7 nitrogen and oxygen atoms in total. The van der Waals surface area contributed by atoms with E-state index in [0.717, 1.165) is 16.9 Å². The van der Waals surface area contributed by atoms with Gasteiger partial charge in [-0.3, -0.25) is 0 Å². The second-order valence-electron chi connectivity index (χ2n) is 4.89. The molecule has 0 atom stereocenters. The number of carboxylic acid groups (broad SMARTS) is 1. The van der Waals surface area contributed by atoms with Crippen molar-refractivity contribution in [1.82, 2.24) is 15.1 Å². The van der Waals surface area contributed by atoms with E-state index < -0.39 is 5.97 Å². The molecule has 0 spiro atoms. The van der Waals surface area contributed by atoms with Crippen LogP contribution in [0.4, 0.5) is 4.79 Å². The summed E-state index contributed by atoms with van der Waals surface area (Å²) in [5.74, 6) is -1.04. The summed E-state index contributed by atoms with van der Waals surface area (Å²) >= 11 is 1.05. The average molecular weight is 319 g/mol. The summed E-state index contributed by atoms with van der Waals surface area (Å²) in [4.78, 5) is 24.2. The first kappa shape index (κ1) is 14.5. The third-order valence-corrected chi connectivity index (χ3v) is 4.39. The molecule has 1 saturated heterocycles. The molecule has 1 aliphatic rings. The monoisotopic (exact) mass is 319 g/mol. The number of amides is 1. The molecule has 22 heavy (non-hydrogen) atoms. The zero-order valence-corrected chi connectivity index (χ0v) is 12.3. The lowest BCUT2D eigenvalue weighted by molar-refractivity contribution is 0.0661. The molecule has 1 aliphatic heterocycles. The van der Waals surface area contributed by atoms with Gasteiger partial charge in [0.25, 0.3) is 0 Å². The molecule has 2 aromatic rings. The van der Waals surface area contributed by atoms with Gasteiger partial charge in [-0.05, 0) is 5.56 Å². The minimum Gasteiger partial charge on any atom is -0.476 e. The van der Waals surface area contributed by atoms with Crippen LogP contribution in [0.3, 0.4) is 0 Å². The normalized spacial score (nSPS) is 14.5. The third kappa shape index (κ3) is 3.06. The van der Waals surface area contributed by atoms with Crippen molar-refractivity contribution in [3.63, 3.8) is 0 Å². The molecule has 1 aromatic heterocycles. The van der Waals surface area contributed by atoms with E-state index in [1.165, 1.54) is 0 Å². The number of ether oxygens (including phenoxy) is 1. The number of aromatic nitrogens is 2. The molecule has 1 N–H and O–H groups in total. The summed E-state index contributed by atoms with van der Waals surface area (Å²) in [7, 11) is 0. The van der Waals surface area contributed by atoms with Gasteiger partial charge < -0.3 is 14.7 Å². The molecule has 0 aliphatic carbocycles. The Kier molecular flexibility index (Phi) is 4.01. The Balaban J connectivity index is 1.48. The molecule has 114 valence electrons. The molecular formula is C14H13N3O4S. The minimum absolute atomic E-state index is 0.0277. The van der Waals surface area contributed by atoms with E-state index in [0.29, 0.717) is 18.1 Å². The first-order valence-corrected chi connectivity index (χ1v) is 7.47. The molecule has 1 fully saturated rings. The second kappa shape index (κ2) is 6.10. The van der Waals surface area contributed by atoms with Gasteiger partial charge in [-0.1, -0.05) is 41.7 Å². The number of aromatic carboxylic acids is 1. The highest BCUT2D eigenvalue weighted by Gasteiger charge is 2.35. The lowest BCUT2D eigenvalue weighted by Crippen LogP contribution is -2.48.